The first-order valence-corrected chi connectivity index (χ1v) is 8.68. The van der Waals surface area contributed by atoms with Crippen LogP contribution in [0, 0.1) is 5.92 Å². The van der Waals surface area contributed by atoms with Crippen LogP contribution in [0.1, 0.15) is 19.0 Å². The highest BCUT2D eigenvalue weighted by Crippen LogP contribution is 2.33. The van der Waals surface area contributed by atoms with Gasteiger partial charge in [0.1, 0.15) is 10.8 Å². The number of amides is 2. The topological polar surface area (TPSA) is 71.5 Å². The van der Waals surface area contributed by atoms with E-state index in [-0.39, 0.29) is 24.2 Å². The molecule has 7 heteroatoms. The molecule has 126 valence electrons. The number of carbonyl (C=O) groups excluding carboxylic acids is 2. The Hall–Kier alpha value is -2.41. The molecule has 1 N–H and O–H groups in total. The summed E-state index contributed by atoms with van der Waals surface area (Å²) < 4.78 is 5.32. The van der Waals surface area contributed by atoms with Gasteiger partial charge in [-0.25, -0.2) is 4.98 Å². The van der Waals surface area contributed by atoms with E-state index in [1.54, 1.807) is 23.6 Å². The highest BCUT2D eigenvalue weighted by molar-refractivity contribution is 7.14. The number of ether oxygens (including phenoxy) is 1. The van der Waals surface area contributed by atoms with Crippen molar-refractivity contribution < 1.29 is 14.3 Å². The van der Waals surface area contributed by atoms with Gasteiger partial charge >= 0.3 is 0 Å². The predicted octanol–water partition coefficient (Wildman–Crippen LogP) is 2.71. The maximum absolute atomic E-state index is 12.5. The molecule has 6 nitrogen and oxygen atoms in total. The van der Waals surface area contributed by atoms with Crippen LogP contribution >= 0.6 is 11.3 Å². The number of anilines is 2. The molecule has 0 unspecified atom stereocenters. The molecule has 1 aromatic carbocycles. The van der Waals surface area contributed by atoms with Crippen molar-refractivity contribution in [1.29, 1.82) is 0 Å². The van der Waals surface area contributed by atoms with Crippen LogP contribution < -0.4 is 15.0 Å². The minimum atomic E-state index is -0.380. The first kappa shape index (κ1) is 16.4. The largest absolute Gasteiger partial charge is 0.495 e. The fourth-order valence-electron chi connectivity index (χ4n) is 2.81. The van der Waals surface area contributed by atoms with E-state index >= 15 is 0 Å². The average Bonchev–Trinajstić information content (AvgIpc) is 3.21. The van der Waals surface area contributed by atoms with Crippen molar-refractivity contribution in [3.8, 4) is 5.75 Å². The third-order valence-electron chi connectivity index (χ3n) is 4.08. The van der Waals surface area contributed by atoms with Crippen LogP contribution in [0.15, 0.2) is 29.8 Å². The lowest BCUT2D eigenvalue weighted by molar-refractivity contribution is -0.122. The van der Waals surface area contributed by atoms with Gasteiger partial charge in [-0.3, -0.25) is 9.59 Å². The van der Waals surface area contributed by atoms with E-state index in [1.165, 1.54) is 11.3 Å². The molecule has 0 aliphatic carbocycles. The van der Waals surface area contributed by atoms with Crippen LogP contribution in [0.4, 0.5) is 10.7 Å². The molecule has 1 aliphatic heterocycles. The molecule has 0 bridgehead atoms. The van der Waals surface area contributed by atoms with Gasteiger partial charge in [-0.2, -0.15) is 0 Å². The normalized spacial score (nSPS) is 17.2. The number of hydrogen-bond donors (Lipinski definition) is 1. The number of nitrogens with one attached hydrogen (secondary N) is 1. The van der Waals surface area contributed by atoms with Crippen LogP contribution in [0.5, 0.6) is 5.75 Å². The smallest absolute Gasteiger partial charge is 0.230 e. The van der Waals surface area contributed by atoms with E-state index in [1.807, 2.05) is 25.1 Å². The van der Waals surface area contributed by atoms with Crippen molar-refractivity contribution in [2.24, 2.45) is 5.92 Å². The Morgan fingerprint density at radius 2 is 2.25 bits per heavy atom. The minimum Gasteiger partial charge on any atom is -0.495 e. The number of nitrogens with zero attached hydrogens (tertiary/aromatic N) is 2. The van der Waals surface area contributed by atoms with Crippen LogP contribution in [-0.4, -0.2) is 30.5 Å². The summed E-state index contributed by atoms with van der Waals surface area (Å²) >= 11 is 1.40. The van der Waals surface area contributed by atoms with Crippen LogP contribution in [0.25, 0.3) is 0 Å². The van der Waals surface area contributed by atoms with Gasteiger partial charge in [0.05, 0.1) is 29.9 Å². The van der Waals surface area contributed by atoms with Gasteiger partial charge in [0.2, 0.25) is 11.8 Å². The Balaban J connectivity index is 1.73. The maximum atomic E-state index is 12.5. The Labute approximate surface area is 144 Å². The molecule has 1 aromatic heterocycles. The fraction of sp³-hybridized carbons (Fsp3) is 0.353. The number of rotatable bonds is 5. The second kappa shape index (κ2) is 7.00. The van der Waals surface area contributed by atoms with E-state index in [4.69, 9.17) is 4.74 Å². The second-order valence-corrected chi connectivity index (χ2v) is 6.40. The number of carbonyl (C=O) groups is 2. The van der Waals surface area contributed by atoms with Crippen LogP contribution in [-0.2, 0) is 16.0 Å². The number of benzene rings is 1. The molecular formula is C17H19N3O3S. The molecule has 2 heterocycles. The van der Waals surface area contributed by atoms with E-state index < -0.39 is 0 Å². The Kier molecular flexibility index (Phi) is 4.80. The third kappa shape index (κ3) is 3.12. The highest BCUT2D eigenvalue weighted by atomic mass is 32.1. The Bertz CT molecular complexity index is 759. The summed E-state index contributed by atoms with van der Waals surface area (Å²) in [5, 5.41) is 3.68. The van der Waals surface area contributed by atoms with Gasteiger partial charge < -0.3 is 15.0 Å². The summed E-state index contributed by atoms with van der Waals surface area (Å²) in [6.07, 6.45) is 0.959. The van der Waals surface area contributed by atoms with Crippen molar-refractivity contribution in [2.75, 3.05) is 23.9 Å². The summed E-state index contributed by atoms with van der Waals surface area (Å²) in [6.45, 7) is 2.35. The van der Waals surface area contributed by atoms with Gasteiger partial charge in [-0.15, -0.1) is 11.3 Å². The van der Waals surface area contributed by atoms with Crippen molar-refractivity contribution in [3.05, 3.63) is 35.5 Å². The van der Waals surface area contributed by atoms with Crippen LogP contribution in [0.2, 0.25) is 0 Å². The zero-order chi connectivity index (χ0) is 17.1. The number of thiazole rings is 1. The SMILES string of the molecule is CCc1ncsc1NC(=O)[C@@H]1CC(=O)N(c2ccccc2OC)C1. The number of hydrogen-bond acceptors (Lipinski definition) is 5. The molecule has 3 rings (SSSR count). The number of aromatic nitrogens is 1. The van der Waals surface area contributed by atoms with Gasteiger partial charge in [0, 0.05) is 13.0 Å². The Morgan fingerprint density at radius 3 is 3.00 bits per heavy atom. The number of para-hydroxylation sites is 2. The summed E-state index contributed by atoms with van der Waals surface area (Å²) in [7, 11) is 1.57. The molecule has 1 fully saturated rings. The first-order valence-electron chi connectivity index (χ1n) is 7.80. The lowest BCUT2D eigenvalue weighted by Crippen LogP contribution is -2.28. The molecule has 1 atom stereocenters. The Morgan fingerprint density at radius 1 is 1.46 bits per heavy atom. The van der Waals surface area contributed by atoms with Crippen molar-refractivity contribution in [3.63, 3.8) is 0 Å². The minimum absolute atomic E-state index is 0.0698. The molecule has 2 aromatic rings. The lowest BCUT2D eigenvalue weighted by atomic mass is 10.1. The van der Waals surface area contributed by atoms with Crippen LogP contribution in [0.3, 0.4) is 0 Å². The maximum Gasteiger partial charge on any atom is 0.230 e. The summed E-state index contributed by atoms with van der Waals surface area (Å²) in [6, 6.07) is 7.34. The van der Waals surface area contributed by atoms with E-state index in [9.17, 15) is 9.59 Å². The van der Waals surface area contributed by atoms with Crippen molar-refractivity contribution in [2.45, 2.75) is 19.8 Å². The number of aryl methyl sites for hydroxylation is 1. The molecule has 0 radical (unpaired) electrons. The zero-order valence-corrected chi connectivity index (χ0v) is 14.4. The molecular weight excluding hydrogens is 326 g/mol. The standard InChI is InChI=1S/C17H19N3O3S/c1-3-12-17(24-10-18-12)19-16(22)11-8-15(21)20(9-11)13-6-4-5-7-14(13)23-2/h4-7,10-11H,3,8-9H2,1-2H3,(H,19,22)/t11-/m1/s1. The van der Waals surface area contributed by atoms with Crippen molar-refractivity contribution in [1.82, 2.24) is 4.98 Å². The molecule has 0 spiro atoms. The predicted molar refractivity (Wildman–Crippen MR) is 93.6 cm³/mol. The summed E-state index contributed by atoms with van der Waals surface area (Å²) in [5.74, 6) is 0.0382. The van der Waals surface area contributed by atoms with Gasteiger partial charge in [0.25, 0.3) is 0 Å². The monoisotopic (exact) mass is 345 g/mol. The zero-order valence-electron chi connectivity index (χ0n) is 13.6. The molecule has 1 saturated heterocycles. The van der Waals surface area contributed by atoms with Crippen molar-refractivity contribution >= 4 is 33.8 Å². The van der Waals surface area contributed by atoms with E-state index in [0.717, 1.165) is 17.1 Å². The van der Waals surface area contributed by atoms with Gasteiger partial charge in [0.15, 0.2) is 0 Å². The summed E-state index contributed by atoms with van der Waals surface area (Å²) in [5.41, 5.74) is 3.29. The first-order chi connectivity index (χ1) is 11.6. The second-order valence-electron chi connectivity index (χ2n) is 5.55. The lowest BCUT2D eigenvalue weighted by Gasteiger charge is -2.19. The molecule has 1 aliphatic rings. The summed E-state index contributed by atoms with van der Waals surface area (Å²) in [4.78, 5) is 30.7. The number of methoxy groups -OCH3 is 1. The quantitative estimate of drug-likeness (QED) is 0.904. The van der Waals surface area contributed by atoms with E-state index in [0.29, 0.717) is 18.0 Å². The fourth-order valence-corrected chi connectivity index (χ4v) is 3.58. The third-order valence-corrected chi connectivity index (χ3v) is 4.87. The van der Waals surface area contributed by atoms with E-state index in [2.05, 4.69) is 10.3 Å². The molecule has 0 saturated carbocycles. The molecule has 24 heavy (non-hydrogen) atoms. The highest BCUT2D eigenvalue weighted by Gasteiger charge is 2.36. The van der Waals surface area contributed by atoms with Gasteiger partial charge in [-0.05, 0) is 18.6 Å². The molecule has 2 amide bonds. The van der Waals surface area contributed by atoms with Gasteiger partial charge in [-0.1, -0.05) is 19.1 Å². The average molecular weight is 345 g/mol.